The van der Waals surface area contributed by atoms with E-state index in [2.05, 4.69) is 0 Å². The molecule has 2 aromatic rings. The molecular formula is C15H16O4. The van der Waals surface area contributed by atoms with Gasteiger partial charge in [-0.25, -0.2) is 4.79 Å². The van der Waals surface area contributed by atoms with Crippen LogP contribution in [0.15, 0.2) is 24.3 Å². The number of hydrogen-bond acceptors (Lipinski definition) is 4. The van der Waals surface area contributed by atoms with Crippen molar-refractivity contribution in [1.82, 2.24) is 0 Å². The van der Waals surface area contributed by atoms with Crippen LogP contribution in [0.25, 0.3) is 10.8 Å². The van der Waals surface area contributed by atoms with Crippen molar-refractivity contribution < 1.29 is 19.4 Å². The van der Waals surface area contributed by atoms with Crippen molar-refractivity contribution >= 4 is 16.7 Å². The second-order valence-corrected chi connectivity index (χ2v) is 4.36. The van der Waals surface area contributed by atoms with Gasteiger partial charge in [0, 0.05) is 17.9 Å². The first-order chi connectivity index (χ1) is 9.07. The van der Waals surface area contributed by atoms with E-state index in [-0.39, 0.29) is 12.5 Å². The van der Waals surface area contributed by atoms with Crippen LogP contribution in [0.5, 0.6) is 5.75 Å². The first-order valence-corrected chi connectivity index (χ1v) is 5.94. The van der Waals surface area contributed by atoms with Crippen LogP contribution in [0.3, 0.4) is 0 Å². The molecule has 0 amide bonds. The van der Waals surface area contributed by atoms with E-state index in [1.807, 2.05) is 12.1 Å². The summed E-state index contributed by atoms with van der Waals surface area (Å²) in [6.07, 6.45) is 0. The monoisotopic (exact) mass is 260 g/mol. The maximum absolute atomic E-state index is 12.1. The lowest BCUT2D eigenvalue weighted by atomic mass is 9.94. The highest BCUT2D eigenvalue weighted by atomic mass is 16.7. The minimum absolute atomic E-state index is 0.0907. The van der Waals surface area contributed by atoms with Crippen LogP contribution in [0.4, 0.5) is 0 Å². The van der Waals surface area contributed by atoms with Crippen molar-refractivity contribution in [1.29, 1.82) is 0 Å². The Morgan fingerprint density at radius 3 is 2.42 bits per heavy atom. The Kier molecular flexibility index (Phi) is 3.71. The quantitative estimate of drug-likeness (QED) is 0.681. The number of aromatic hydroxyl groups is 1. The molecule has 2 aromatic carbocycles. The summed E-state index contributed by atoms with van der Waals surface area (Å²) in [6.45, 7) is 3.49. The Morgan fingerprint density at radius 2 is 1.79 bits per heavy atom. The first kappa shape index (κ1) is 13.4. The minimum atomic E-state index is -0.446. The zero-order valence-electron chi connectivity index (χ0n) is 11.2. The van der Waals surface area contributed by atoms with Gasteiger partial charge in [0.05, 0.1) is 5.56 Å². The molecule has 4 heteroatoms. The Balaban J connectivity index is 2.68. The second-order valence-electron chi connectivity index (χ2n) is 4.36. The number of esters is 1. The summed E-state index contributed by atoms with van der Waals surface area (Å²) < 4.78 is 9.77. The van der Waals surface area contributed by atoms with E-state index in [9.17, 15) is 9.90 Å². The van der Waals surface area contributed by atoms with E-state index in [0.717, 1.165) is 5.56 Å². The van der Waals surface area contributed by atoms with E-state index in [1.165, 1.54) is 7.11 Å². The molecular weight excluding hydrogens is 244 g/mol. The second kappa shape index (κ2) is 5.28. The third-order valence-corrected chi connectivity index (χ3v) is 3.26. The third kappa shape index (κ3) is 2.27. The number of hydrogen-bond donors (Lipinski definition) is 1. The molecule has 1 N–H and O–H groups in total. The summed E-state index contributed by atoms with van der Waals surface area (Å²) in [5.41, 5.74) is 1.88. The summed E-state index contributed by atoms with van der Waals surface area (Å²) in [6, 6.07) is 7.22. The maximum atomic E-state index is 12.1. The van der Waals surface area contributed by atoms with Crippen molar-refractivity contribution in [3.05, 3.63) is 41.0 Å². The van der Waals surface area contributed by atoms with E-state index in [4.69, 9.17) is 9.47 Å². The molecule has 2 rings (SSSR count). The smallest absolute Gasteiger partial charge is 0.341 e. The first-order valence-electron chi connectivity index (χ1n) is 5.94. The van der Waals surface area contributed by atoms with Gasteiger partial charge in [0.25, 0.3) is 0 Å². The van der Waals surface area contributed by atoms with Gasteiger partial charge in [0.1, 0.15) is 5.75 Å². The molecule has 0 heterocycles. The lowest BCUT2D eigenvalue weighted by Crippen LogP contribution is -2.10. The molecule has 0 fully saturated rings. The summed E-state index contributed by atoms with van der Waals surface area (Å²) >= 11 is 0. The molecule has 0 radical (unpaired) electrons. The number of benzene rings is 2. The fraction of sp³-hybridized carbons (Fsp3) is 0.267. The molecule has 0 saturated heterocycles. The molecule has 0 aromatic heterocycles. The van der Waals surface area contributed by atoms with Crippen LogP contribution < -0.4 is 0 Å². The van der Waals surface area contributed by atoms with Crippen molar-refractivity contribution in [2.75, 3.05) is 13.9 Å². The Labute approximate surface area is 111 Å². The lowest BCUT2D eigenvalue weighted by molar-refractivity contribution is -0.0123. The molecule has 0 aliphatic heterocycles. The molecule has 19 heavy (non-hydrogen) atoms. The minimum Gasteiger partial charge on any atom is -0.507 e. The fourth-order valence-electron chi connectivity index (χ4n) is 2.12. The van der Waals surface area contributed by atoms with Crippen molar-refractivity contribution in [3.8, 4) is 5.75 Å². The van der Waals surface area contributed by atoms with Gasteiger partial charge in [0.2, 0.25) is 0 Å². The zero-order chi connectivity index (χ0) is 14.0. The van der Waals surface area contributed by atoms with Gasteiger partial charge in [-0.15, -0.1) is 0 Å². The van der Waals surface area contributed by atoms with Crippen molar-refractivity contribution in [3.63, 3.8) is 0 Å². The van der Waals surface area contributed by atoms with Crippen molar-refractivity contribution in [2.45, 2.75) is 13.8 Å². The van der Waals surface area contributed by atoms with E-state index >= 15 is 0 Å². The van der Waals surface area contributed by atoms with Gasteiger partial charge in [-0.3, -0.25) is 0 Å². The standard InChI is InChI=1S/C15H16O4/c1-9-10(2)14(16)12-7-5-4-6-11(12)13(9)15(17)19-8-18-3/h4-7,16H,8H2,1-3H3. The predicted molar refractivity (Wildman–Crippen MR) is 72.4 cm³/mol. The van der Waals surface area contributed by atoms with Gasteiger partial charge in [-0.2, -0.15) is 0 Å². The van der Waals surface area contributed by atoms with Gasteiger partial charge in [-0.05, 0) is 25.0 Å². The Morgan fingerprint density at radius 1 is 1.16 bits per heavy atom. The van der Waals surface area contributed by atoms with Crippen LogP contribution >= 0.6 is 0 Å². The van der Waals surface area contributed by atoms with Crippen LogP contribution in [0, 0.1) is 13.8 Å². The third-order valence-electron chi connectivity index (χ3n) is 3.26. The molecule has 0 aliphatic carbocycles. The highest BCUT2D eigenvalue weighted by Crippen LogP contribution is 2.34. The molecule has 0 unspecified atom stereocenters. The van der Waals surface area contributed by atoms with E-state index in [1.54, 1.807) is 26.0 Å². The molecule has 0 saturated carbocycles. The molecule has 0 bridgehead atoms. The molecule has 4 nitrogen and oxygen atoms in total. The number of methoxy groups -OCH3 is 1. The number of carbonyl (C=O) groups is 1. The molecule has 0 atom stereocenters. The zero-order valence-corrected chi connectivity index (χ0v) is 11.2. The summed E-state index contributed by atoms with van der Waals surface area (Å²) in [4.78, 5) is 12.1. The summed E-state index contributed by atoms with van der Waals surface area (Å²) in [5, 5.41) is 11.5. The highest BCUT2D eigenvalue weighted by Gasteiger charge is 2.19. The molecule has 0 spiro atoms. The molecule has 100 valence electrons. The van der Waals surface area contributed by atoms with Gasteiger partial charge in [0.15, 0.2) is 6.79 Å². The van der Waals surface area contributed by atoms with Gasteiger partial charge >= 0.3 is 5.97 Å². The Bertz CT molecular complexity index is 632. The number of fused-ring (bicyclic) bond motifs is 1. The highest BCUT2D eigenvalue weighted by molar-refractivity contribution is 6.08. The predicted octanol–water partition coefficient (Wildman–Crippen LogP) is 2.92. The average molecular weight is 260 g/mol. The fourth-order valence-corrected chi connectivity index (χ4v) is 2.12. The lowest BCUT2D eigenvalue weighted by Gasteiger charge is -2.14. The normalized spacial score (nSPS) is 10.7. The SMILES string of the molecule is COCOC(=O)c1c(C)c(C)c(O)c2ccccc12. The average Bonchev–Trinajstić information content (AvgIpc) is 2.43. The van der Waals surface area contributed by atoms with Gasteiger partial charge in [-0.1, -0.05) is 24.3 Å². The topological polar surface area (TPSA) is 55.8 Å². The number of phenols is 1. The summed E-state index contributed by atoms with van der Waals surface area (Å²) in [7, 11) is 1.46. The number of rotatable bonds is 3. The van der Waals surface area contributed by atoms with Gasteiger partial charge < -0.3 is 14.6 Å². The van der Waals surface area contributed by atoms with E-state index in [0.29, 0.717) is 21.9 Å². The van der Waals surface area contributed by atoms with Crippen LogP contribution in [-0.4, -0.2) is 25.0 Å². The largest absolute Gasteiger partial charge is 0.507 e. The van der Waals surface area contributed by atoms with Crippen LogP contribution in [0.1, 0.15) is 21.5 Å². The number of phenolic OH excluding ortho intramolecular Hbond substituents is 1. The van der Waals surface area contributed by atoms with Crippen LogP contribution in [0.2, 0.25) is 0 Å². The van der Waals surface area contributed by atoms with Crippen LogP contribution in [-0.2, 0) is 9.47 Å². The van der Waals surface area contributed by atoms with E-state index < -0.39 is 5.97 Å². The van der Waals surface area contributed by atoms with Crippen molar-refractivity contribution in [2.24, 2.45) is 0 Å². The number of ether oxygens (including phenoxy) is 2. The number of carbonyl (C=O) groups excluding carboxylic acids is 1. The molecule has 0 aliphatic rings. The summed E-state index contributed by atoms with van der Waals surface area (Å²) in [5.74, 6) is -0.241. The Hall–Kier alpha value is -2.07. The maximum Gasteiger partial charge on any atom is 0.341 e.